The fourth-order valence-corrected chi connectivity index (χ4v) is 3.15. The number of rotatable bonds is 3. The molecule has 0 saturated heterocycles. The first kappa shape index (κ1) is 13.2. The predicted molar refractivity (Wildman–Crippen MR) is 84.9 cm³/mol. The summed E-state index contributed by atoms with van der Waals surface area (Å²) >= 11 is 3.28. The van der Waals surface area contributed by atoms with Crippen LogP contribution >= 0.6 is 23.1 Å². The van der Waals surface area contributed by atoms with Gasteiger partial charge in [-0.1, -0.05) is 0 Å². The highest BCUT2D eigenvalue weighted by atomic mass is 32.2. The van der Waals surface area contributed by atoms with Crippen molar-refractivity contribution < 1.29 is 4.74 Å². The van der Waals surface area contributed by atoms with Gasteiger partial charge in [-0.25, -0.2) is 4.98 Å². The van der Waals surface area contributed by atoms with Gasteiger partial charge in [0.25, 0.3) is 0 Å². The van der Waals surface area contributed by atoms with Gasteiger partial charge in [-0.2, -0.15) is 4.98 Å². The van der Waals surface area contributed by atoms with E-state index in [0.717, 1.165) is 20.8 Å². The van der Waals surface area contributed by atoms with Gasteiger partial charge in [0.2, 0.25) is 11.8 Å². The Morgan fingerprint density at radius 3 is 2.65 bits per heavy atom. The highest BCUT2D eigenvalue weighted by Crippen LogP contribution is 2.33. The summed E-state index contributed by atoms with van der Waals surface area (Å²) in [6, 6.07) is 9.90. The Hall–Kier alpha value is -1.79. The fourth-order valence-electron chi connectivity index (χ4n) is 1.86. The van der Waals surface area contributed by atoms with E-state index >= 15 is 0 Å². The van der Waals surface area contributed by atoms with Crippen LogP contribution in [-0.4, -0.2) is 16.2 Å². The van der Waals surface area contributed by atoms with Crippen LogP contribution in [0.2, 0.25) is 0 Å². The lowest BCUT2D eigenvalue weighted by atomic mass is 10.3. The minimum atomic E-state index is 0.232. The molecule has 6 heteroatoms. The lowest BCUT2D eigenvalue weighted by molar-refractivity contribution is 0.469. The van der Waals surface area contributed by atoms with Gasteiger partial charge in [-0.05, 0) is 43.5 Å². The molecule has 4 nitrogen and oxygen atoms in total. The normalized spacial score (nSPS) is 10.9. The molecule has 2 aromatic heterocycles. The third-order valence-corrected chi connectivity index (χ3v) is 4.46. The Labute approximate surface area is 125 Å². The Balaban J connectivity index is 2.00. The standard InChI is InChI=1S/C14H13N3OS2/c1-8-7-11-12(16-14(15)17-13(11)20-8)18-9-3-5-10(19-2)6-4-9/h3-7H,1-2H3,(H2,15,16,17). The molecule has 0 aliphatic heterocycles. The number of benzene rings is 1. The number of ether oxygens (including phenoxy) is 1. The van der Waals surface area contributed by atoms with Crippen LogP contribution in [0.3, 0.4) is 0 Å². The molecule has 2 N–H and O–H groups in total. The number of thioether (sulfide) groups is 1. The van der Waals surface area contributed by atoms with Crippen molar-refractivity contribution in [3.8, 4) is 11.6 Å². The zero-order valence-corrected chi connectivity index (χ0v) is 12.7. The van der Waals surface area contributed by atoms with Crippen LogP contribution in [0, 0.1) is 6.92 Å². The molecule has 102 valence electrons. The van der Waals surface area contributed by atoms with Crippen molar-refractivity contribution in [2.24, 2.45) is 0 Å². The summed E-state index contributed by atoms with van der Waals surface area (Å²) in [5.74, 6) is 1.48. The Kier molecular flexibility index (Phi) is 3.50. The van der Waals surface area contributed by atoms with Crippen molar-refractivity contribution in [3.63, 3.8) is 0 Å². The lowest BCUT2D eigenvalue weighted by Crippen LogP contribution is -1.97. The molecule has 0 spiro atoms. The lowest BCUT2D eigenvalue weighted by Gasteiger charge is -2.06. The number of aromatic nitrogens is 2. The van der Waals surface area contributed by atoms with Gasteiger partial charge < -0.3 is 10.5 Å². The van der Waals surface area contributed by atoms with Gasteiger partial charge in [-0.3, -0.25) is 0 Å². The quantitative estimate of drug-likeness (QED) is 0.738. The van der Waals surface area contributed by atoms with Crippen molar-refractivity contribution in [2.75, 3.05) is 12.0 Å². The molecule has 0 atom stereocenters. The molecule has 0 unspecified atom stereocenters. The predicted octanol–water partition coefficient (Wildman–Crippen LogP) is 4.10. The molecule has 0 fully saturated rings. The average Bonchev–Trinajstić information content (AvgIpc) is 2.80. The van der Waals surface area contributed by atoms with E-state index in [-0.39, 0.29) is 5.95 Å². The maximum atomic E-state index is 5.85. The molecule has 0 aliphatic rings. The van der Waals surface area contributed by atoms with Crippen molar-refractivity contribution in [1.29, 1.82) is 0 Å². The first-order chi connectivity index (χ1) is 9.65. The summed E-state index contributed by atoms with van der Waals surface area (Å²) in [5.41, 5.74) is 5.73. The summed E-state index contributed by atoms with van der Waals surface area (Å²) in [5, 5.41) is 0.899. The van der Waals surface area contributed by atoms with E-state index in [1.54, 1.807) is 23.1 Å². The van der Waals surface area contributed by atoms with Crippen LogP contribution < -0.4 is 10.5 Å². The van der Waals surface area contributed by atoms with Gasteiger partial charge in [0.15, 0.2) is 0 Å². The van der Waals surface area contributed by atoms with Crippen LogP contribution in [0.5, 0.6) is 11.6 Å². The number of nitrogens with zero attached hydrogens (tertiary/aromatic N) is 2. The molecule has 20 heavy (non-hydrogen) atoms. The summed E-state index contributed by atoms with van der Waals surface area (Å²) in [7, 11) is 0. The maximum Gasteiger partial charge on any atom is 0.232 e. The third-order valence-electron chi connectivity index (χ3n) is 2.77. The second kappa shape index (κ2) is 5.30. The molecule has 3 aromatic rings. The number of nitrogens with two attached hydrogens (primary N) is 1. The van der Waals surface area contributed by atoms with Gasteiger partial charge in [0.05, 0.1) is 5.39 Å². The Morgan fingerprint density at radius 1 is 1.20 bits per heavy atom. The molecule has 1 aromatic carbocycles. The topological polar surface area (TPSA) is 61.0 Å². The number of hydrogen-bond donors (Lipinski definition) is 1. The number of nitrogen functional groups attached to an aromatic ring is 1. The smallest absolute Gasteiger partial charge is 0.232 e. The van der Waals surface area contributed by atoms with Gasteiger partial charge in [0, 0.05) is 9.77 Å². The first-order valence-electron chi connectivity index (χ1n) is 6.01. The second-order valence-corrected chi connectivity index (χ2v) is 6.35. The van der Waals surface area contributed by atoms with E-state index in [2.05, 4.69) is 9.97 Å². The van der Waals surface area contributed by atoms with E-state index in [9.17, 15) is 0 Å². The molecular weight excluding hydrogens is 290 g/mol. The van der Waals surface area contributed by atoms with E-state index in [4.69, 9.17) is 10.5 Å². The molecule has 0 saturated carbocycles. The first-order valence-corrected chi connectivity index (χ1v) is 8.05. The minimum Gasteiger partial charge on any atom is -0.438 e. The maximum absolute atomic E-state index is 5.85. The number of anilines is 1. The van der Waals surface area contributed by atoms with Crippen LogP contribution in [0.4, 0.5) is 5.95 Å². The number of hydrogen-bond acceptors (Lipinski definition) is 6. The van der Waals surface area contributed by atoms with Crippen molar-refractivity contribution in [1.82, 2.24) is 9.97 Å². The SMILES string of the molecule is CSc1ccc(Oc2nc(N)nc3sc(C)cc23)cc1. The van der Waals surface area contributed by atoms with Crippen LogP contribution in [0.25, 0.3) is 10.2 Å². The largest absolute Gasteiger partial charge is 0.438 e. The molecule has 0 radical (unpaired) electrons. The van der Waals surface area contributed by atoms with Crippen LogP contribution in [-0.2, 0) is 0 Å². The zero-order valence-electron chi connectivity index (χ0n) is 11.1. The van der Waals surface area contributed by atoms with Gasteiger partial charge in [0.1, 0.15) is 10.6 Å². The highest BCUT2D eigenvalue weighted by molar-refractivity contribution is 7.98. The highest BCUT2D eigenvalue weighted by Gasteiger charge is 2.11. The number of fused-ring (bicyclic) bond motifs is 1. The van der Waals surface area contributed by atoms with E-state index in [1.165, 1.54) is 4.90 Å². The molecule has 0 bridgehead atoms. The number of thiophene rings is 1. The van der Waals surface area contributed by atoms with Crippen molar-refractivity contribution in [2.45, 2.75) is 11.8 Å². The minimum absolute atomic E-state index is 0.232. The second-order valence-electron chi connectivity index (χ2n) is 4.24. The average molecular weight is 303 g/mol. The molecule has 0 aliphatic carbocycles. The number of aryl methyl sites for hydroxylation is 1. The van der Waals surface area contributed by atoms with Crippen LogP contribution in [0.1, 0.15) is 4.88 Å². The molecule has 2 heterocycles. The van der Waals surface area contributed by atoms with E-state index in [1.807, 2.05) is 43.5 Å². The monoisotopic (exact) mass is 303 g/mol. The summed E-state index contributed by atoms with van der Waals surface area (Å²) < 4.78 is 5.85. The molecular formula is C14H13N3OS2. The third kappa shape index (κ3) is 2.57. The summed E-state index contributed by atoms with van der Waals surface area (Å²) in [6.07, 6.45) is 2.04. The molecule has 3 rings (SSSR count). The van der Waals surface area contributed by atoms with Gasteiger partial charge >= 0.3 is 0 Å². The zero-order chi connectivity index (χ0) is 14.1. The van der Waals surface area contributed by atoms with Crippen molar-refractivity contribution >= 4 is 39.3 Å². The van der Waals surface area contributed by atoms with Gasteiger partial charge in [-0.15, -0.1) is 23.1 Å². The van der Waals surface area contributed by atoms with E-state index in [0.29, 0.717) is 5.88 Å². The summed E-state index contributed by atoms with van der Waals surface area (Å²) in [6.45, 7) is 2.03. The summed E-state index contributed by atoms with van der Waals surface area (Å²) in [4.78, 5) is 11.6. The Morgan fingerprint density at radius 2 is 1.95 bits per heavy atom. The van der Waals surface area contributed by atoms with Crippen molar-refractivity contribution in [3.05, 3.63) is 35.2 Å². The fraction of sp³-hybridized carbons (Fsp3) is 0.143. The van der Waals surface area contributed by atoms with E-state index < -0.39 is 0 Å². The Bertz CT molecular complexity index is 753. The van der Waals surface area contributed by atoms with Crippen LogP contribution in [0.15, 0.2) is 35.2 Å². The molecule has 0 amide bonds.